The van der Waals surface area contributed by atoms with Gasteiger partial charge in [0.2, 0.25) is 0 Å². The van der Waals surface area contributed by atoms with Gasteiger partial charge in [-0.25, -0.2) is 0 Å². The van der Waals surface area contributed by atoms with Crippen LogP contribution in [0.2, 0.25) is 0 Å². The zero-order valence-electron chi connectivity index (χ0n) is 6.65. The van der Waals surface area contributed by atoms with Crippen molar-refractivity contribution in [3.63, 3.8) is 0 Å². The number of hydrogen-bond donors (Lipinski definition) is 0. The summed E-state index contributed by atoms with van der Waals surface area (Å²) in [6, 6.07) is 0. The second-order valence-electron chi connectivity index (χ2n) is 3.51. The fourth-order valence-electron chi connectivity index (χ4n) is 1.73. The predicted molar refractivity (Wildman–Crippen MR) is 39.5 cm³/mol. The third-order valence-electron chi connectivity index (χ3n) is 2.53. The summed E-state index contributed by atoms with van der Waals surface area (Å²) >= 11 is 0. The van der Waals surface area contributed by atoms with E-state index in [0.717, 1.165) is 12.0 Å². The Kier molecular flexibility index (Phi) is 1.41. The maximum Gasteiger partial charge on any atom is 0.416 e. The molecule has 0 amide bonds. The maximum absolute atomic E-state index is 12.2. The van der Waals surface area contributed by atoms with E-state index in [1.807, 2.05) is 0 Å². The van der Waals surface area contributed by atoms with Crippen LogP contribution in [0.4, 0.5) is 13.2 Å². The Morgan fingerprint density at radius 3 is 2.58 bits per heavy atom. The SMILES string of the molecule is CC1=CC(C(F)(F)F)=CC2CC12. The highest BCUT2D eigenvalue weighted by molar-refractivity contribution is 5.38. The van der Waals surface area contributed by atoms with Crippen LogP contribution >= 0.6 is 0 Å². The molecular weight excluding hydrogens is 165 g/mol. The Hall–Kier alpha value is -0.730. The minimum atomic E-state index is -4.16. The van der Waals surface area contributed by atoms with Gasteiger partial charge in [0.15, 0.2) is 0 Å². The largest absolute Gasteiger partial charge is 0.416 e. The summed E-state index contributed by atoms with van der Waals surface area (Å²) in [6.07, 6.45) is -0.622. The van der Waals surface area contributed by atoms with E-state index in [9.17, 15) is 13.2 Å². The summed E-state index contributed by atoms with van der Waals surface area (Å²) in [5.74, 6) is 0.586. The summed E-state index contributed by atoms with van der Waals surface area (Å²) in [6.45, 7) is 1.78. The number of alkyl halides is 3. The lowest BCUT2D eigenvalue weighted by Crippen LogP contribution is -2.12. The van der Waals surface area contributed by atoms with Crippen LogP contribution in [0.3, 0.4) is 0 Å². The number of allylic oxidation sites excluding steroid dienone is 4. The van der Waals surface area contributed by atoms with E-state index < -0.39 is 11.7 Å². The Balaban J connectivity index is 2.28. The first-order valence-corrected chi connectivity index (χ1v) is 3.95. The number of halogens is 3. The van der Waals surface area contributed by atoms with E-state index >= 15 is 0 Å². The highest BCUT2D eigenvalue weighted by Gasteiger charge is 2.44. The van der Waals surface area contributed by atoms with Gasteiger partial charge < -0.3 is 0 Å². The lowest BCUT2D eigenvalue weighted by molar-refractivity contribution is -0.0887. The molecule has 1 saturated carbocycles. The van der Waals surface area contributed by atoms with Crippen LogP contribution in [0, 0.1) is 11.8 Å². The third kappa shape index (κ3) is 1.17. The van der Waals surface area contributed by atoms with Gasteiger partial charge in [0.25, 0.3) is 0 Å². The molecule has 0 aromatic rings. The second-order valence-corrected chi connectivity index (χ2v) is 3.51. The first-order chi connectivity index (χ1) is 5.48. The molecule has 12 heavy (non-hydrogen) atoms. The van der Waals surface area contributed by atoms with Gasteiger partial charge >= 0.3 is 6.18 Å². The molecule has 0 N–H and O–H groups in total. The van der Waals surface area contributed by atoms with Crippen LogP contribution in [0.1, 0.15) is 13.3 Å². The van der Waals surface area contributed by atoms with Crippen LogP contribution in [0.25, 0.3) is 0 Å². The monoisotopic (exact) mass is 174 g/mol. The van der Waals surface area contributed by atoms with Gasteiger partial charge in [-0.15, -0.1) is 0 Å². The molecule has 2 rings (SSSR count). The molecular formula is C9H9F3. The minimum Gasteiger partial charge on any atom is -0.166 e. The van der Waals surface area contributed by atoms with Crippen LogP contribution < -0.4 is 0 Å². The van der Waals surface area contributed by atoms with E-state index in [1.54, 1.807) is 6.92 Å². The van der Waals surface area contributed by atoms with Crippen molar-refractivity contribution in [2.45, 2.75) is 19.5 Å². The highest BCUT2D eigenvalue weighted by Crippen LogP contribution is 2.50. The second kappa shape index (κ2) is 2.15. The van der Waals surface area contributed by atoms with Gasteiger partial charge in [-0.05, 0) is 25.2 Å². The van der Waals surface area contributed by atoms with E-state index in [2.05, 4.69) is 0 Å². The Labute approximate surface area is 68.8 Å². The van der Waals surface area contributed by atoms with Gasteiger partial charge in [0.1, 0.15) is 0 Å². The molecule has 2 unspecified atom stereocenters. The van der Waals surface area contributed by atoms with Crippen LogP contribution in [-0.2, 0) is 0 Å². The third-order valence-corrected chi connectivity index (χ3v) is 2.53. The zero-order valence-corrected chi connectivity index (χ0v) is 6.65. The molecule has 3 heteroatoms. The number of rotatable bonds is 0. The lowest BCUT2D eigenvalue weighted by Gasteiger charge is -2.12. The molecule has 2 aliphatic rings. The molecule has 0 saturated heterocycles. The summed E-state index contributed by atoms with van der Waals surface area (Å²) in [7, 11) is 0. The number of fused-ring (bicyclic) bond motifs is 1. The normalized spacial score (nSPS) is 33.7. The molecule has 0 aromatic carbocycles. The van der Waals surface area contributed by atoms with Crippen LogP contribution in [0.5, 0.6) is 0 Å². The molecule has 2 atom stereocenters. The summed E-state index contributed by atoms with van der Waals surface area (Å²) in [5, 5.41) is 0. The van der Waals surface area contributed by atoms with Crippen LogP contribution in [0.15, 0.2) is 23.3 Å². The first-order valence-electron chi connectivity index (χ1n) is 3.95. The summed E-state index contributed by atoms with van der Waals surface area (Å²) in [5.41, 5.74) is 0.425. The molecule has 0 radical (unpaired) electrons. The van der Waals surface area contributed by atoms with E-state index in [0.29, 0.717) is 5.92 Å². The van der Waals surface area contributed by atoms with Gasteiger partial charge in [-0.2, -0.15) is 13.2 Å². The Bertz CT molecular complexity index is 270. The molecule has 0 heterocycles. The maximum atomic E-state index is 12.2. The average Bonchev–Trinajstić information content (AvgIpc) is 2.63. The zero-order chi connectivity index (χ0) is 8.93. The molecule has 0 spiro atoms. The van der Waals surface area contributed by atoms with Crippen molar-refractivity contribution in [3.8, 4) is 0 Å². The van der Waals surface area contributed by atoms with Gasteiger partial charge in [0.05, 0.1) is 5.57 Å². The average molecular weight is 174 g/mol. The van der Waals surface area contributed by atoms with E-state index in [1.165, 1.54) is 12.2 Å². The molecule has 0 bridgehead atoms. The van der Waals surface area contributed by atoms with Gasteiger partial charge in [0, 0.05) is 0 Å². The lowest BCUT2D eigenvalue weighted by atomic mass is 10.0. The van der Waals surface area contributed by atoms with Crippen molar-refractivity contribution in [1.82, 2.24) is 0 Å². The first kappa shape index (κ1) is 7.90. The number of hydrogen-bond acceptors (Lipinski definition) is 0. The van der Waals surface area contributed by atoms with Crippen LogP contribution in [-0.4, -0.2) is 6.18 Å². The van der Waals surface area contributed by atoms with Crippen molar-refractivity contribution in [2.24, 2.45) is 11.8 Å². The molecule has 2 aliphatic carbocycles. The van der Waals surface area contributed by atoms with Crippen molar-refractivity contribution in [3.05, 3.63) is 23.3 Å². The smallest absolute Gasteiger partial charge is 0.166 e. The van der Waals surface area contributed by atoms with Crippen molar-refractivity contribution in [1.29, 1.82) is 0 Å². The Morgan fingerprint density at radius 2 is 2.08 bits per heavy atom. The predicted octanol–water partition coefficient (Wildman–Crippen LogP) is 3.07. The fraction of sp³-hybridized carbons (Fsp3) is 0.556. The minimum absolute atomic E-state index is 0.173. The molecule has 0 aromatic heterocycles. The van der Waals surface area contributed by atoms with Gasteiger partial charge in [-0.3, -0.25) is 0 Å². The highest BCUT2D eigenvalue weighted by atomic mass is 19.4. The van der Waals surface area contributed by atoms with E-state index in [-0.39, 0.29) is 5.92 Å². The standard InChI is InChI=1S/C9H9F3/c1-5-2-7(9(10,11)12)3-6-4-8(5)6/h2-3,6,8H,4H2,1H3. The molecule has 0 aliphatic heterocycles. The topological polar surface area (TPSA) is 0 Å². The fourth-order valence-corrected chi connectivity index (χ4v) is 1.73. The molecule has 1 fully saturated rings. The Morgan fingerprint density at radius 1 is 1.42 bits per heavy atom. The van der Waals surface area contributed by atoms with Crippen molar-refractivity contribution in [2.75, 3.05) is 0 Å². The quantitative estimate of drug-likeness (QED) is 0.529. The van der Waals surface area contributed by atoms with Crippen molar-refractivity contribution < 1.29 is 13.2 Å². The van der Waals surface area contributed by atoms with E-state index in [4.69, 9.17) is 0 Å². The van der Waals surface area contributed by atoms with Crippen molar-refractivity contribution >= 4 is 0 Å². The summed E-state index contributed by atoms with van der Waals surface area (Å²) < 4.78 is 36.6. The molecule has 0 nitrogen and oxygen atoms in total. The van der Waals surface area contributed by atoms with Gasteiger partial charge in [-0.1, -0.05) is 17.7 Å². The molecule has 66 valence electrons. The summed E-state index contributed by atoms with van der Waals surface area (Å²) in [4.78, 5) is 0.